The third-order valence-corrected chi connectivity index (χ3v) is 3.99. The summed E-state index contributed by atoms with van der Waals surface area (Å²) in [5.74, 6) is 2.06. The molecule has 0 aromatic heterocycles. The molecule has 0 aromatic carbocycles. The molecule has 2 amide bonds. The molecule has 1 atom stereocenters. The summed E-state index contributed by atoms with van der Waals surface area (Å²) in [5, 5.41) is 6.05. The first-order valence-corrected chi connectivity index (χ1v) is 7.68. The highest BCUT2D eigenvalue weighted by atomic mass is 32.2. The maximum absolute atomic E-state index is 12.1. The molecule has 5 nitrogen and oxygen atoms in total. The van der Waals surface area contributed by atoms with Crippen LogP contribution in [0.4, 0.5) is 0 Å². The molecule has 0 aliphatic carbocycles. The average Bonchev–Trinajstić information content (AvgIpc) is 2.37. The molecule has 0 bridgehead atoms. The number of likely N-dealkylation sites (N-methyl/N-ethyl adjacent to an activating group) is 2. The van der Waals surface area contributed by atoms with Gasteiger partial charge in [0.15, 0.2) is 0 Å². The average molecular weight is 273 g/mol. The Balaban J connectivity index is 2.38. The molecule has 1 heterocycles. The summed E-state index contributed by atoms with van der Waals surface area (Å²) in [7, 11) is 0. The SMILES string of the molecule is CCNC(=O)CN(CC)C(=O)CC1CSCCN1. The van der Waals surface area contributed by atoms with Crippen LogP contribution in [0.25, 0.3) is 0 Å². The van der Waals surface area contributed by atoms with Gasteiger partial charge >= 0.3 is 0 Å². The maximum atomic E-state index is 12.1. The number of amides is 2. The van der Waals surface area contributed by atoms with Crippen molar-refractivity contribution in [3.8, 4) is 0 Å². The van der Waals surface area contributed by atoms with Crippen LogP contribution in [0.5, 0.6) is 0 Å². The second-order valence-corrected chi connectivity index (χ2v) is 5.44. The standard InChI is InChI=1S/C12H23N3O2S/c1-3-13-11(16)8-15(4-2)12(17)7-10-9-18-6-5-14-10/h10,14H,3-9H2,1-2H3,(H,13,16). The second kappa shape index (κ2) is 8.37. The van der Waals surface area contributed by atoms with E-state index in [1.807, 2.05) is 25.6 Å². The lowest BCUT2D eigenvalue weighted by molar-refractivity contribution is -0.136. The third-order valence-electron chi connectivity index (χ3n) is 2.86. The van der Waals surface area contributed by atoms with Crippen LogP contribution < -0.4 is 10.6 Å². The first kappa shape index (κ1) is 15.3. The fourth-order valence-corrected chi connectivity index (χ4v) is 2.84. The van der Waals surface area contributed by atoms with Gasteiger partial charge in [0, 0.05) is 43.6 Å². The highest BCUT2D eigenvalue weighted by Gasteiger charge is 2.21. The van der Waals surface area contributed by atoms with Crippen molar-refractivity contribution >= 4 is 23.6 Å². The Bertz CT molecular complexity index is 280. The van der Waals surface area contributed by atoms with Gasteiger partial charge in [-0.2, -0.15) is 11.8 Å². The van der Waals surface area contributed by atoms with E-state index in [-0.39, 0.29) is 24.4 Å². The van der Waals surface area contributed by atoms with Crippen LogP contribution >= 0.6 is 11.8 Å². The molecule has 1 saturated heterocycles. The van der Waals surface area contributed by atoms with Gasteiger partial charge in [0.25, 0.3) is 0 Å². The summed E-state index contributed by atoms with van der Waals surface area (Å²) < 4.78 is 0. The van der Waals surface area contributed by atoms with E-state index in [0.717, 1.165) is 18.1 Å². The highest BCUT2D eigenvalue weighted by Crippen LogP contribution is 2.11. The van der Waals surface area contributed by atoms with E-state index in [0.29, 0.717) is 19.5 Å². The van der Waals surface area contributed by atoms with E-state index in [4.69, 9.17) is 0 Å². The molecule has 104 valence electrons. The Morgan fingerprint density at radius 3 is 2.78 bits per heavy atom. The highest BCUT2D eigenvalue weighted by molar-refractivity contribution is 7.99. The summed E-state index contributed by atoms with van der Waals surface area (Å²) in [4.78, 5) is 25.2. The van der Waals surface area contributed by atoms with Gasteiger partial charge in [-0.15, -0.1) is 0 Å². The molecule has 1 fully saturated rings. The number of carbonyl (C=O) groups is 2. The lowest BCUT2D eigenvalue weighted by atomic mass is 10.2. The number of rotatable bonds is 6. The molecule has 18 heavy (non-hydrogen) atoms. The Morgan fingerprint density at radius 2 is 2.22 bits per heavy atom. The molecule has 1 aliphatic rings. The van der Waals surface area contributed by atoms with Crippen LogP contribution in [0.1, 0.15) is 20.3 Å². The first-order valence-electron chi connectivity index (χ1n) is 6.53. The Morgan fingerprint density at radius 1 is 1.44 bits per heavy atom. The monoisotopic (exact) mass is 273 g/mol. The molecule has 1 aliphatic heterocycles. The zero-order chi connectivity index (χ0) is 13.4. The van der Waals surface area contributed by atoms with Gasteiger partial charge in [0.1, 0.15) is 0 Å². The number of hydrogen-bond donors (Lipinski definition) is 2. The molecule has 0 saturated carbocycles. The molecule has 1 rings (SSSR count). The third kappa shape index (κ3) is 5.27. The van der Waals surface area contributed by atoms with Gasteiger partial charge in [0.2, 0.25) is 11.8 Å². The lowest BCUT2D eigenvalue weighted by Crippen LogP contribution is -2.45. The van der Waals surface area contributed by atoms with Crippen molar-refractivity contribution in [2.24, 2.45) is 0 Å². The predicted molar refractivity (Wildman–Crippen MR) is 74.7 cm³/mol. The Hall–Kier alpha value is -0.750. The maximum Gasteiger partial charge on any atom is 0.239 e. The number of carbonyl (C=O) groups excluding carboxylic acids is 2. The van der Waals surface area contributed by atoms with Gasteiger partial charge in [-0.25, -0.2) is 0 Å². The molecule has 0 spiro atoms. The smallest absolute Gasteiger partial charge is 0.239 e. The van der Waals surface area contributed by atoms with Gasteiger partial charge in [0.05, 0.1) is 6.54 Å². The summed E-state index contributed by atoms with van der Waals surface area (Å²) >= 11 is 1.87. The van der Waals surface area contributed by atoms with Gasteiger partial charge < -0.3 is 15.5 Å². The van der Waals surface area contributed by atoms with Crippen LogP contribution in [-0.2, 0) is 9.59 Å². The molecule has 0 aromatic rings. The molecular weight excluding hydrogens is 250 g/mol. The second-order valence-electron chi connectivity index (χ2n) is 4.29. The van der Waals surface area contributed by atoms with Gasteiger partial charge in [-0.05, 0) is 13.8 Å². The van der Waals surface area contributed by atoms with E-state index in [9.17, 15) is 9.59 Å². The summed E-state index contributed by atoms with van der Waals surface area (Å²) in [6.45, 7) is 6.09. The molecular formula is C12H23N3O2S. The fraction of sp³-hybridized carbons (Fsp3) is 0.833. The van der Waals surface area contributed by atoms with Crippen molar-refractivity contribution in [3.63, 3.8) is 0 Å². The van der Waals surface area contributed by atoms with Crippen LogP contribution in [0, 0.1) is 0 Å². The number of thioether (sulfide) groups is 1. The van der Waals surface area contributed by atoms with Gasteiger partial charge in [-0.3, -0.25) is 9.59 Å². The van der Waals surface area contributed by atoms with E-state index < -0.39 is 0 Å². The first-order chi connectivity index (χ1) is 8.67. The topological polar surface area (TPSA) is 61.4 Å². The van der Waals surface area contributed by atoms with Gasteiger partial charge in [-0.1, -0.05) is 0 Å². The minimum Gasteiger partial charge on any atom is -0.355 e. The molecule has 6 heteroatoms. The zero-order valence-corrected chi connectivity index (χ0v) is 12.0. The minimum atomic E-state index is -0.0846. The Kier molecular flexibility index (Phi) is 7.12. The van der Waals surface area contributed by atoms with Crippen LogP contribution in [0.2, 0.25) is 0 Å². The van der Waals surface area contributed by atoms with Crippen molar-refractivity contribution in [1.82, 2.24) is 15.5 Å². The molecule has 1 unspecified atom stereocenters. The largest absolute Gasteiger partial charge is 0.355 e. The zero-order valence-electron chi connectivity index (χ0n) is 11.2. The predicted octanol–water partition coefficient (Wildman–Crippen LogP) is 0.0661. The van der Waals surface area contributed by atoms with Crippen LogP contribution in [-0.4, -0.2) is 60.4 Å². The molecule has 0 radical (unpaired) electrons. The van der Waals surface area contributed by atoms with E-state index in [1.165, 1.54) is 0 Å². The molecule has 2 N–H and O–H groups in total. The van der Waals surface area contributed by atoms with Crippen LogP contribution in [0.3, 0.4) is 0 Å². The number of hydrogen-bond acceptors (Lipinski definition) is 4. The lowest BCUT2D eigenvalue weighted by Gasteiger charge is -2.26. The number of nitrogens with one attached hydrogen (secondary N) is 2. The Labute approximate surface area is 113 Å². The van der Waals surface area contributed by atoms with Crippen molar-refractivity contribution in [3.05, 3.63) is 0 Å². The van der Waals surface area contributed by atoms with Crippen molar-refractivity contribution < 1.29 is 9.59 Å². The quantitative estimate of drug-likeness (QED) is 0.719. The number of nitrogens with zero attached hydrogens (tertiary/aromatic N) is 1. The van der Waals surface area contributed by atoms with Crippen molar-refractivity contribution in [1.29, 1.82) is 0 Å². The fourth-order valence-electron chi connectivity index (χ4n) is 1.89. The van der Waals surface area contributed by atoms with Crippen molar-refractivity contribution in [2.45, 2.75) is 26.3 Å². The van der Waals surface area contributed by atoms with Crippen molar-refractivity contribution in [2.75, 3.05) is 37.7 Å². The summed E-state index contributed by atoms with van der Waals surface area (Å²) in [5.41, 5.74) is 0. The summed E-state index contributed by atoms with van der Waals surface area (Å²) in [6.07, 6.45) is 0.486. The minimum absolute atomic E-state index is 0.0590. The van der Waals surface area contributed by atoms with E-state index in [1.54, 1.807) is 4.90 Å². The normalized spacial score (nSPS) is 19.3. The van der Waals surface area contributed by atoms with E-state index >= 15 is 0 Å². The van der Waals surface area contributed by atoms with Crippen LogP contribution in [0.15, 0.2) is 0 Å². The van der Waals surface area contributed by atoms with E-state index in [2.05, 4.69) is 10.6 Å². The summed E-state index contributed by atoms with van der Waals surface area (Å²) in [6, 6.07) is 0.250.